The molecule has 2 aromatic carbocycles. The molecule has 0 spiro atoms. The normalized spacial score (nSPS) is 21.2. The number of anilines is 1. The van der Waals surface area contributed by atoms with E-state index in [-0.39, 0.29) is 35.5 Å². The van der Waals surface area contributed by atoms with Gasteiger partial charge in [-0.15, -0.1) is 0 Å². The number of rotatable bonds is 6. The topological polar surface area (TPSA) is 84.5 Å². The Morgan fingerprint density at radius 2 is 1.97 bits per heavy atom. The van der Waals surface area contributed by atoms with Crippen LogP contribution in [0.3, 0.4) is 0 Å². The van der Waals surface area contributed by atoms with E-state index in [1.807, 2.05) is 6.07 Å². The van der Waals surface area contributed by atoms with E-state index in [0.717, 1.165) is 31.1 Å². The van der Waals surface area contributed by atoms with E-state index in [9.17, 15) is 23.4 Å². The van der Waals surface area contributed by atoms with Crippen molar-refractivity contribution in [2.75, 3.05) is 31.1 Å². The second-order valence-corrected chi connectivity index (χ2v) is 11.1. The lowest BCUT2D eigenvalue weighted by Gasteiger charge is -2.33. The zero-order valence-electron chi connectivity index (χ0n) is 20.0. The van der Waals surface area contributed by atoms with E-state index in [1.54, 1.807) is 18.3 Å². The predicted molar refractivity (Wildman–Crippen MR) is 139 cm³/mol. The van der Waals surface area contributed by atoms with Crippen molar-refractivity contribution in [2.24, 2.45) is 10.2 Å². The van der Waals surface area contributed by atoms with Crippen LogP contribution in [0.1, 0.15) is 28.0 Å². The number of benzene rings is 2. The van der Waals surface area contributed by atoms with Crippen molar-refractivity contribution in [1.29, 1.82) is 0 Å². The number of hydrogen-bond acceptors (Lipinski definition) is 8. The van der Waals surface area contributed by atoms with Crippen LogP contribution >= 0.6 is 22.9 Å². The van der Waals surface area contributed by atoms with E-state index in [4.69, 9.17) is 11.6 Å². The number of aliphatic hydroxyl groups is 1. The molecular formula is C26H23ClF3N5O2S. The Kier molecular flexibility index (Phi) is 6.42. The maximum Gasteiger partial charge on any atom is 0.416 e. The number of alkyl halides is 3. The van der Waals surface area contributed by atoms with E-state index in [1.165, 1.54) is 23.5 Å². The van der Waals surface area contributed by atoms with Crippen molar-refractivity contribution in [3.8, 4) is 5.88 Å². The monoisotopic (exact) mass is 561 g/mol. The molecule has 0 saturated carbocycles. The second-order valence-electron chi connectivity index (χ2n) is 9.64. The highest BCUT2D eigenvalue weighted by atomic mass is 35.5. The minimum absolute atomic E-state index is 0.000214. The summed E-state index contributed by atoms with van der Waals surface area (Å²) >= 11 is 7.20. The predicted octanol–water partition coefficient (Wildman–Crippen LogP) is 3.18. The van der Waals surface area contributed by atoms with Gasteiger partial charge < -0.3 is 15.1 Å². The minimum Gasteiger partial charge on any atom is -0.492 e. The molecule has 3 aliphatic heterocycles. The van der Waals surface area contributed by atoms with Gasteiger partial charge in [0.15, 0.2) is 5.13 Å². The fraction of sp³-hybridized carbons (Fsp3) is 0.346. The minimum atomic E-state index is -4.59. The Balaban J connectivity index is 1.44. The highest BCUT2D eigenvalue weighted by molar-refractivity contribution is 7.17. The molecular weight excluding hydrogens is 539 g/mol. The van der Waals surface area contributed by atoms with Crippen molar-refractivity contribution in [3.05, 3.63) is 73.6 Å². The number of fused-ring (bicyclic) bond motifs is 3. The summed E-state index contributed by atoms with van der Waals surface area (Å²) < 4.78 is 41.8. The van der Waals surface area contributed by atoms with Gasteiger partial charge in [-0.3, -0.25) is 4.90 Å². The summed E-state index contributed by atoms with van der Waals surface area (Å²) in [6.45, 7) is 2.24. The molecule has 2 fully saturated rings. The van der Waals surface area contributed by atoms with Crippen molar-refractivity contribution in [3.63, 3.8) is 0 Å². The maximum atomic E-state index is 13.9. The first-order valence-corrected chi connectivity index (χ1v) is 13.3. The van der Waals surface area contributed by atoms with Crippen LogP contribution in [-0.4, -0.2) is 64.6 Å². The largest absolute Gasteiger partial charge is 0.492 e. The lowest BCUT2D eigenvalue weighted by molar-refractivity contribution is -0.138. The van der Waals surface area contributed by atoms with Gasteiger partial charge in [-0.05, 0) is 47.0 Å². The van der Waals surface area contributed by atoms with Gasteiger partial charge in [0.2, 0.25) is 5.88 Å². The Hall–Kier alpha value is -2.99. The molecule has 2 atom stereocenters. The first-order valence-electron chi connectivity index (χ1n) is 12.1. The first kappa shape index (κ1) is 25.3. The van der Waals surface area contributed by atoms with Gasteiger partial charge in [0.05, 0.1) is 28.6 Å². The van der Waals surface area contributed by atoms with E-state index in [2.05, 4.69) is 25.0 Å². The third-order valence-corrected chi connectivity index (χ3v) is 8.72. The van der Waals surface area contributed by atoms with Gasteiger partial charge in [0.1, 0.15) is 0 Å². The Morgan fingerprint density at radius 1 is 1.13 bits per heavy atom. The molecule has 3 aliphatic rings. The van der Waals surface area contributed by atoms with Crippen LogP contribution in [0.4, 0.5) is 18.3 Å². The maximum absolute atomic E-state index is 13.9. The average molecular weight is 562 g/mol. The average Bonchev–Trinajstić information content (AvgIpc) is 3.66. The number of nitrogens with zero attached hydrogens (tertiary/aromatic N) is 5. The highest BCUT2D eigenvalue weighted by Crippen LogP contribution is 2.42. The van der Waals surface area contributed by atoms with Crippen LogP contribution in [0.5, 0.6) is 5.88 Å². The Morgan fingerprint density at radius 3 is 2.71 bits per heavy atom. The molecule has 2 bridgehead atoms. The van der Waals surface area contributed by atoms with Crippen LogP contribution in [0.2, 0.25) is 5.02 Å². The fourth-order valence-corrected chi connectivity index (χ4v) is 6.84. The molecule has 6 rings (SSSR count). The molecule has 38 heavy (non-hydrogen) atoms. The van der Waals surface area contributed by atoms with Gasteiger partial charge in [-0.1, -0.05) is 35.1 Å². The molecule has 12 heteroatoms. The molecule has 0 amide bonds. The standard InChI is InChI=1S/C26H23ClF3N5O2S/c27-17-3-1-15(21(9-17)26(28,29)30)8-20(14-2-4-22-16(7-14)11-31-33-22)23-24(37)32-25(38-23)35-13-18-10-19(35)12-34(18)5-6-36/h1-4,7,9,11,18-19,36-37H,5-6,8,10,12-13H2. The van der Waals surface area contributed by atoms with E-state index >= 15 is 0 Å². The number of aromatic hydroxyl groups is 1. The zero-order chi connectivity index (χ0) is 26.6. The number of aliphatic hydroxyl groups excluding tert-OH is 1. The van der Waals surface area contributed by atoms with Crippen molar-refractivity contribution < 1.29 is 23.4 Å². The molecule has 2 N–H and O–H groups in total. The summed E-state index contributed by atoms with van der Waals surface area (Å²) in [4.78, 5) is 9.28. The highest BCUT2D eigenvalue weighted by Gasteiger charge is 2.44. The molecule has 2 unspecified atom stereocenters. The summed E-state index contributed by atoms with van der Waals surface area (Å²) in [6, 6.07) is 9.61. The molecule has 4 heterocycles. The number of β-amino-alcohol motifs (C(OH)–C–C–N with tert-alkyl or cyclic N) is 1. The van der Waals surface area contributed by atoms with E-state index in [0.29, 0.717) is 38.7 Å². The van der Waals surface area contributed by atoms with Crippen molar-refractivity contribution in [1.82, 2.24) is 9.88 Å². The molecule has 7 nitrogen and oxygen atoms in total. The first-order chi connectivity index (χ1) is 18.2. The van der Waals surface area contributed by atoms with Crippen molar-refractivity contribution >= 4 is 39.9 Å². The van der Waals surface area contributed by atoms with Crippen LogP contribution < -0.4 is 15.5 Å². The van der Waals surface area contributed by atoms with E-state index < -0.39 is 11.7 Å². The quantitative estimate of drug-likeness (QED) is 0.483. The molecule has 0 radical (unpaired) electrons. The Labute approximate surface area is 224 Å². The zero-order valence-corrected chi connectivity index (χ0v) is 21.6. The van der Waals surface area contributed by atoms with Gasteiger partial charge >= 0.3 is 6.18 Å². The number of aromatic nitrogens is 1. The smallest absolute Gasteiger partial charge is 0.416 e. The molecule has 3 aromatic rings. The SMILES string of the molecule is OCCN1CC2CC1CN2c1nc(O)c(C(Cc2ccc(Cl)cc2C(F)(F)F)=c2ccc3c(c2)C=NN=3)s1. The summed E-state index contributed by atoms with van der Waals surface area (Å²) in [5.41, 5.74) is 0.501. The molecule has 2 saturated heterocycles. The Bertz CT molecular complexity index is 1560. The van der Waals surface area contributed by atoms with Gasteiger partial charge in [0.25, 0.3) is 0 Å². The number of piperazine rings is 1. The van der Waals surface area contributed by atoms with Gasteiger partial charge in [-0.25, -0.2) is 0 Å². The van der Waals surface area contributed by atoms with Crippen LogP contribution in [0, 0.1) is 0 Å². The molecule has 0 aliphatic carbocycles. The molecule has 1 aromatic heterocycles. The summed E-state index contributed by atoms with van der Waals surface area (Å²) in [7, 11) is 0. The fourth-order valence-electron chi connectivity index (χ4n) is 5.57. The lowest BCUT2D eigenvalue weighted by atomic mass is 9.96. The summed E-state index contributed by atoms with van der Waals surface area (Å²) in [5.74, 6) is -0.212. The third kappa shape index (κ3) is 4.57. The van der Waals surface area contributed by atoms with Gasteiger partial charge in [-0.2, -0.15) is 28.4 Å². The lowest BCUT2D eigenvalue weighted by Crippen LogP contribution is -2.47. The number of halogens is 4. The van der Waals surface area contributed by atoms with Crippen LogP contribution in [0.25, 0.3) is 5.57 Å². The second kappa shape index (κ2) is 9.64. The molecule has 198 valence electrons. The number of thiazole rings is 1. The van der Waals surface area contributed by atoms with Crippen molar-refractivity contribution in [2.45, 2.75) is 31.1 Å². The van der Waals surface area contributed by atoms with Gasteiger partial charge in [0, 0.05) is 48.7 Å². The van der Waals surface area contributed by atoms with Crippen LogP contribution in [0.15, 0.2) is 46.6 Å². The van der Waals surface area contributed by atoms with Crippen LogP contribution in [-0.2, 0) is 12.6 Å². The summed E-state index contributed by atoms with van der Waals surface area (Å²) in [5, 5.41) is 30.2. The third-order valence-electron chi connectivity index (χ3n) is 7.34. The summed E-state index contributed by atoms with van der Waals surface area (Å²) in [6.07, 6.45) is -2.15. The number of likely N-dealkylation sites (tertiary alicyclic amines) is 1. The number of hydrogen-bond donors (Lipinski definition) is 2.